The minimum atomic E-state index is -0.794. The van der Waals surface area contributed by atoms with Gasteiger partial charge >= 0.3 is 0 Å². The van der Waals surface area contributed by atoms with Gasteiger partial charge in [-0.1, -0.05) is 23.2 Å². The van der Waals surface area contributed by atoms with Gasteiger partial charge in [-0.15, -0.1) is 0 Å². The van der Waals surface area contributed by atoms with Crippen LogP contribution in [0.25, 0.3) is 0 Å². The Morgan fingerprint density at radius 1 is 1.33 bits per heavy atom. The van der Waals surface area contributed by atoms with Gasteiger partial charge in [-0.25, -0.2) is 0 Å². The lowest BCUT2D eigenvalue weighted by Crippen LogP contribution is -2.23. The molecule has 1 aromatic carbocycles. The number of hydrogen-bond acceptors (Lipinski definition) is 3. The summed E-state index contributed by atoms with van der Waals surface area (Å²) in [5.74, 6) is 0. The zero-order chi connectivity index (χ0) is 11.4. The molecule has 0 aromatic heterocycles. The number of benzene rings is 1. The molecular weight excluding hydrogens is 237 g/mol. The maximum Gasteiger partial charge on any atom is 0.0942 e. The molecule has 0 heterocycles. The molecule has 0 radical (unpaired) electrons. The highest BCUT2D eigenvalue weighted by molar-refractivity contribution is 6.36. The van der Waals surface area contributed by atoms with Crippen LogP contribution < -0.4 is 5.32 Å². The number of aliphatic hydroxyl groups is 2. The third kappa shape index (κ3) is 3.54. The van der Waals surface area contributed by atoms with Crippen molar-refractivity contribution in [3.8, 4) is 0 Å². The smallest absolute Gasteiger partial charge is 0.0942 e. The number of anilines is 1. The zero-order valence-corrected chi connectivity index (χ0v) is 9.81. The van der Waals surface area contributed by atoms with Crippen molar-refractivity contribution < 1.29 is 10.2 Å². The molecule has 1 rings (SSSR count). The van der Waals surface area contributed by atoms with Crippen LogP contribution in [0.4, 0.5) is 5.69 Å². The topological polar surface area (TPSA) is 52.5 Å². The fourth-order valence-corrected chi connectivity index (χ4v) is 1.54. The lowest BCUT2D eigenvalue weighted by molar-refractivity contribution is 0.105. The normalized spacial score (nSPS) is 12.6. The largest absolute Gasteiger partial charge is 0.394 e. The SMILES string of the molecule is Cc1cc(NCC(O)CO)c(Cl)cc1Cl. The molecule has 3 nitrogen and oxygen atoms in total. The molecule has 0 aliphatic heterocycles. The van der Waals surface area contributed by atoms with Crippen LogP contribution in [0.15, 0.2) is 12.1 Å². The van der Waals surface area contributed by atoms with Crippen LogP contribution in [0, 0.1) is 6.92 Å². The average molecular weight is 250 g/mol. The van der Waals surface area contributed by atoms with Crippen LogP contribution in [0.3, 0.4) is 0 Å². The van der Waals surface area contributed by atoms with E-state index in [4.69, 9.17) is 33.4 Å². The van der Waals surface area contributed by atoms with Crippen molar-refractivity contribution in [2.45, 2.75) is 13.0 Å². The van der Waals surface area contributed by atoms with E-state index in [0.717, 1.165) is 5.56 Å². The van der Waals surface area contributed by atoms with Gasteiger partial charge in [0, 0.05) is 11.6 Å². The van der Waals surface area contributed by atoms with E-state index in [1.54, 1.807) is 12.1 Å². The van der Waals surface area contributed by atoms with E-state index in [2.05, 4.69) is 5.32 Å². The third-order valence-corrected chi connectivity index (χ3v) is 2.71. The van der Waals surface area contributed by atoms with E-state index in [9.17, 15) is 0 Å². The molecule has 0 aliphatic carbocycles. The van der Waals surface area contributed by atoms with Gasteiger partial charge in [-0.05, 0) is 24.6 Å². The number of nitrogens with one attached hydrogen (secondary N) is 1. The van der Waals surface area contributed by atoms with Crippen LogP contribution in [0.2, 0.25) is 10.0 Å². The summed E-state index contributed by atoms with van der Waals surface area (Å²) in [4.78, 5) is 0. The number of rotatable bonds is 4. The Morgan fingerprint density at radius 3 is 2.60 bits per heavy atom. The molecule has 3 N–H and O–H groups in total. The molecule has 0 saturated heterocycles. The fraction of sp³-hybridized carbons (Fsp3) is 0.400. The van der Waals surface area contributed by atoms with Crippen LogP contribution in [0.1, 0.15) is 5.56 Å². The first-order valence-electron chi connectivity index (χ1n) is 4.53. The first-order valence-corrected chi connectivity index (χ1v) is 5.28. The van der Waals surface area contributed by atoms with E-state index in [0.29, 0.717) is 15.7 Å². The summed E-state index contributed by atoms with van der Waals surface area (Å²) < 4.78 is 0. The monoisotopic (exact) mass is 249 g/mol. The minimum Gasteiger partial charge on any atom is -0.394 e. The van der Waals surface area contributed by atoms with E-state index < -0.39 is 6.10 Å². The molecule has 1 unspecified atom stereocenters. The van der Waals surface area contributed by atoms with Gasteiger partial charge in [0.1, 0.15) is 0 Å². The second kappa shape index (κ2) is 5.56. The second-order valence-corrected chi connectivity index (χ2v) is 4.11. The van der Waals surface area contributed by atoms with Crippen molar-refractivity contribution in [1.29, 1.82) is 0 Å². The number of halogens is 2. The van der Waals surface area contributed by atoms with E-state index in [1.807, 2.05) is 6.92 Å². The summed E-state index contributed by atoms with van der Waals surface area (Å²) in [5.41, 5.74) is 1.60. The summed E-state index contributed by atoms with van der Waals surface area (Å²) in [6.07, 6.45) is -0.794. The van der Waals surface area contributed by atoms with Crippen molar-refractivity contribution in [3.05, 3.63) is 27.7 Å². The Bertz CT molecular complexity index is 344. The molecule has 5 heteroatoms. The summed E-state index contributed by atoms with van der Waals surface area (Å²) in [7, 11) is 0. The number of aryl methyl sites for hydroxylation is 1. The zero-order valence-electron chi connectivity index (χ0n) is 8.30. The molecule has 15 heavy (non-hydrogen) atoms. The van der Waals surface area contributed by atoms with Crippen molar-refractivity contribution in [1.82, 2.24) is 0 Å². The molecular formula is C10H13Cl2NO2. The van der Waals surface area contributed by atoms with Crippen molar-refractivity contribution in [2.75, 3.05) is 18.5 Å². The van der Waals surface area contributed by atoms with Gasteiger partial charge < -0.3 is 15.5 Å². The summed E-state index contributed by atoms with van der Waals surface area (Å²) in [6.45, 7) is 1.83. The maximum atomic E-state index is 9.15. The predicted molar refractivity (Wildman–Crippen MR) is 62.8 cm³/mol. The van der Waals surface area contributed by atoms with Crippen LogP contribution in [-0.2, 0) is 0 Å². The number of hydrogen-bond donors (Lipinski definition) is 3. The van der Waals surface area contributed by atoms with E-state index in [1.165, 1.54) is 0 Å². The fourth-order valence-electron chi connectivity index (χ4n) is 1.09. The first-order chi connectivity index (χ1) is 7.04. The summed E-state index contributed by atoms with van der Waals surface area (Å²) >= 11 is 11.8. The maximum absolute atomic E-state index is 9.15. The van der Waals surface area contributed by atoms with Gasteiger partial charge in [0.25, 0.3) is 0 Å². The van der Waals surface area contributed by atoms with Gasteiger partial charge in [0.15, 0.2) is 0 Å². The Labute approximate surface area is 98.6 Å². The van der Waals surface area contributed by atoms with Gasteiger partial charge in [-0.3, -0.25) is 0 Å². The highest BCUT2D eigenvalue weighted by Crippen LogP contribution is 2.28. The molecule has 84 valence electrons. The molecule has 0 fully saturated rings. The van der Waals surface area contributed by atoms with E-state index in [-0.39, 0.29) is 13.2 Å². The lowest BCUT2D eigenvalue weighted by atomic mass is 10.2. The third-order valence-electron chi connectivity index (χ3n) is 1.99. The Morgan fingerprint density at radius 2 is 2.00 bits per heavy atom. The van der Waals surface area contributed by atoms with Crippen LogP contribution in [-0.4, -0.2) is 29.5 Å². The van der Waals surface area contributed by atoms with Crippen LogP contribution >= 0.6 is 23.2 Å². The van der Waals surface area contributed by atoms with Crippen molar-refractivity contribution in [3.63, 3.8) is 0 Å². The quantitative estimate of drug-likeness (QED) is 0.766. The van der Waals surface area contributed by atoms with Gasteiger partial charge in [0.2, 0.25) is 0 Å². The van der Waals surface area contributed by atoms with Crippen molar-refractivity contribution >= 4 is 28.9 Å². The molecule has 1 aromatic rings. The van der Waals surface area contributed by atoms with Crippen LogP contribution in [0.5, 0.6) is 0 Å². The first kappa shape index (κ1) is 12.6. The highest BCUT2D eigenvalue weighted by Gasteiger charge is 2.06. The average Bonchev–Trinajstić information content (AvgIpc) is 2.21. The van der Waals surface area contributed by atoms with Gasteiger partial charge in [-0.2, -0.15) is 0 Å². The standard InChI is InChI=1S/C10H13Cl2NO2/c1-6-2-10(9(12)3-8(6)11)13-4-7(15)5-14/h2-3,7,13-15H,4-5H2,1H3. The van der Waals surface area contributed by atoms with E-state index >= 15 is 0 Å². The summed E-state index contributed by atoms with van der Waals surface area (Å²) in [6, 6.07) is 3.45. The Balaban J connectivity index is 2.73. The Kier molecular flexibility index (Phi) is 4.67. The number of aliphatic hydroxyl groups excluding tert-OH is 2. The predicted octanol–water partition coefficient (Wildman–Crippen LogP) is 2.07. The Hall–Kier alpha value is -0.480. The molecule has 0 saturated carbocycles. The lowest BCUT2D eigenvalue weighted by Gasteiger charge is -2.12. The molecule has 0 bridgehead atoms. The second-order valence-electron chi connectivity index (χ2n) is 3.30. The minimum absolute atomic E-state index is 0.247. The molecule has 0 spiro atoms. The van der Waals surface area contributed by atoms with Crippen molar-refractivity contribution in [2.24, 2.45) is 0 Å². The highest BCUT2D eigenvalue weighted by atomic mass is 35.5. The molecule has 0 amide bonds. The molecule has 0 aliphatic rings. The summed E-state index contributed by atoms with van der Waals surface area (Å²) in [5, 5.41) is 21.8. The van der Waals surface area contributed by atoms with Gasteiger partial charge in [0.05, 0.1) is 23.4 Å². The molecule has 1 atom stereocenters.